The Morgan fingerprint density at radius 1 is 1.26 bits per heavy atom. The van der Waals surface area contributed by atoms with Crippen molar-refractivity contribution in [3.8, 4) is 5.75 Å². The first-order chi connectivity index (χ1) is 10.7. The van der Waals surface area contributed by atoms with E-state index in [0.717, 1.165) is 12.5 Å². The summed E-state index contributed by atoms with van der Waals surface area (Å²) >= 11 is 3.13. The summed E-state index contributed by atoms with van der Waals surface area (Å²) in [4.78, 5) is 23.9. The molecule has 0 atom stereocenters. The maximum atomic E-state index is 14.0. The molecule has 0 saturated heterocycles. The van der Waals surface area contributed by atoms with Crippen LogP contribution in [0.15, 0.2) is 16.6 Å². The van der Waals surface area contributed by atoms with Crippen LogP contribution < -0.4 is 4.74 Å². The lowest BCUT2D eigenvalue weighted by Crippen LogP contribution is -2.26. The molecule has 0 aliphatic heterocycles. The fourth-order valence-corrected chi connectivity index (χ4v) is 1.97. The second kappa shape index (κ2) is 8.29. The highest BCUT2D eigenvalue weighted by Gasteiger charge is 2.26. The SMILES string of the molecule is CCCCOC(=O)c1c(F)ccc(Br)c1OC(=O)OC(C)(C)C. The van der Waals surface area contributed by atoms with Crippen molar-refractivity contribution >= 4 is 28.1 Å². The van der Waals surface area contributed by atoms with Crippen LogP contribution in [0.3, 0.4) is 0 Å². The lowest BCUT2D eigenvalue weighted by Gasteiger charge is -2.19. The van der Waals surface area contributed by atoms with Crippen LogP contribution in [0.5, 0.6) is 5.75 Å². The van der Waals surface area contributed by atoms with Crippen molar-refractivity contribution in [2.45, 2.75) is 46.1 Å². The lowest BCUT2D eigenvalue weighted by molar-refractivity contribution is 0.0200. The van der Waals surface area contributed by atoms with Gasteiger partial charge in [0.1, 0.15) is 17.0 Å². The van der Waals surface area contributed by atoms with E-state index in [9.17, 15) is 14.0 Å². The zero-order valence-corrected chi connectivity index (χ0v) is 15.2. The van der Waals surface area contributed by atoms with E-state index in [1.54, 1.807) is 20.8 Å². The van der Waals surface area contributed by atoms with Gasteiger partial charge in [-0.15, -0.1) is 0 Å². The van der Waals surface area contributed by atoms with E-state index < -0.39 is 29.1 Å². The van der Waals surface area contributed by atoms with Gasteiger partial charge in [0.25, 0.3) is 0 Å². The molecule has 0 heterocycles. The molecule has 0 aliphatic carbocycles. The minimum absolute atomic E-state index is 0.160. The van der Waals surface area contributed by atoms with Crippen LogP contribution in [-0.2, 0) is 9.47 Å². The molecule has 0 spiro atoms. The van der Waals surface area contributed by atoms with Gasteiger partial charge in [0.2, 0.25) is 0 Å². The highest BCUT2D eigenvalue weighted by molar-refractivity contribution is 9.10. The molecule has 0 bridgehead atoms. The van der Waals surface area contributed by atoms with Crippen LogP contribution in [0.4, 0.5) is 9.18 Å². The summed E-state index contributed by atoms with van der Waals surface area (Å²) in [7, 11) is 0. The minimum atomic E-state index is -1.04. The summed E-state index contributed by atoms with van der Waals surface area (Å²) in [5.41, 5.74) is -1.22. The third-order valence-electron chi connectivity index (χ3n) is 2.57. The Morgan fingerprint density at radius 3 is 2.48 bits per heavy atom. The molecule has 0 radical (unpaired) electrons. The number of hydrogen-bond donors (Lipinski definition) is 0. The van der Waals surface area contributed by atoms with E-state index in [0.29, 0.717) is 6.42 Å². The van der Waals surface area contributed by atoms with Crippen LogP contribution in [0.1, 0.15) is 50.9 Å². The van der Waals surface area contributed by atoms with Crippen molar-refractivity contribution in [2.75, 3.05) is 6.61 Å². The monoisotopic (exact) mass is 390 g/mol. The summed E-state index contributed by atoms with van der Waals surface area (Å²) in [5, 5.41) is 0. The van der Waals surface area contributed by atoms with E-state index in [1.807, 2.05) is 6.92 Å². The number of esters is 1. The number of unbranched alkanes of at least 4 members (excludes halogenated alkanes) is 1. The van der Waals surface area contributed by atoms with Gasteiger partial charge in [-0.05, 0) is 55.3 Å². The molecular formula is C16H20BrFO5. The Morgan fingerprint density at radius 2 is 1.91 bits per heavy atom. The molecule has 0 aromatic heterocycles. The number of halogens is 2. The molecule has 0 saturated carbocycles. The van der Waals surface area contributed by atoms with E-state index >= 15 is 0 Å². The largest absolute Gasteiger partial charge is 0.514 e. The molecular weight excluding hydrogens is 371 g/mol. The maximum absolute atomic E-state index is 14.0. The summed E-state index contributed by atoms with van der Waals surface area (Å²) in [5.74, 6) is -2.00. The first kappa shape index (κ1) is 19.4. The Labute approximate surface area is 143 Å². The van der Waals surface area contributed by atoms with E-state index in [2.05, 4.69) is 15.9 Å². The van der Waals surface area contributed by atoms with Crippen LogP contribution in [0, 0.1) is 5.82 Å². The maximum Gasteiger partial charge on any atom is 0.514 e. The number of benzene rings is 1. The van der Waals surface area contributed by atoms with Crippen LogP contribution in [0.2, 0.25) is 0 Å². The standard InChI is InChI=1S/C16H20BrFO5/c1-5-6-9-21-14(19)12-11(18)8-7-10(17)13(12)22-15(20)23-16(2,3)4/h7-8H,5-6,9H2,1-4H3. The molecule has 5 nitrogen and oxygen atoms in total. The molecule has 0 amide bonds. The first-order valence-electron chi connectivity index (χ1n) is 7.21. The summed E-state index contributed by atoms with van der Waals surface area (Å²) in [6.07, 6.45) is 0.450. The molecule has 0 unspecified atom stereocenters. The van der Waals surface area contributed by atoms with Gasteiger partial charge in [0.05, 0.1) is 11.1 Å². The number of carbonyl (C=O) groups is 2. The third-order valence-corrected chi connectivity index (χ3v) is 3.19. The Balaban J connectivity index is 3.04. The highest BCUT2D eigenvalue weighted by Crippen LogP contribution is 2.32. The average Bonchev–Trinajstić information content (AvgIpc) is 2.41. The molecule has 1 aromatic carbocycles. The topological polar surface area (TPSA) is 61.8 Å². The van der Waals surface area contributed by atoms with Gasteiger partial charge < -0.3 is 14.2 Å². The molecule has 0 N–H and O–H groups in total. The van der Waals surface area contributed by atoms with Gasteiger partial charge in [0, 0.05) is 0 Å². The van der Waals surface area contributed by atoms with Crippen LogP contribution in [0.25, 0.3) is 0 Å². The second-order valence-corrected chi connectivity index (χ2v) is 6.64. The molecule has 1 aromatic rings. The predicted molar refractivity (Wildman–Crippen MR) is 86.2 cm³/mol. The van der Waals surface area contributed by atoms with Crippen molar-refractivity contribution in [3.63, 3.8) is 0 Å². The quantitative estimate of drug-likeness (QED) is 0.408. The summed E-state index contributed by atoms with van der Waals surface area (Å²) < 4.78 is 29.3. The van der Waals surface area contributed by atoms with E-state index in [1.165, 1.54) is 6.07 Å². The number of hydrogen-bond acceptors (Lipinski definition) is 5. The summed E-state index contributed by atoms with van der Waals surface area (Å²) in [6, 6.07) is 2.42. The van der Waals surface area contributed by atoms with E-state index in [-0.39, 0.29) is 16.8 Å². The fourth-order valence-electron chi connectivity index (χ4n) is 1.56. The molecule has 7 heteroatoms. The second-order valence-electron chi connectivity index (χ2n) is 5.79. The smallest absolute Gasteiger partial charge is 0.462 e. The van der Waals surface area contributed by atoms with Gasteiger partial charge >= 0.3 is 12.1 Å². The van der Waals surface area contributed by atoms with Gasteiger partial charge in [-0.2, -0.15) is 0 Å². The highest BCUT2D eigenvalue weighted by atomic mass is 79.9. The molecule has 0 fully saturated rings. The Kier molecular flexibility index (Phi) is 7.00. The van der Waals surface area contributed by atoms with Gasteiger partial charge in [-0.3, -0.25) is 0 Å². The molecule has 23 heavy (non-hydrogen) atoms. The average molecular weight is 391 g/mol. The van der Waals surface area contributed by atoms with E-state index in [4.69, 9.17) is 14.2 Å². The first-order valence-corrected chi connectivity index (χ1v) is 8.01. The normalized spacial score (nSPS) is 11.0. The van der Waals surface area contributed by atoms with Crippen LogP contribution in [-0.4, -0.2) is 24.3 Å². The molecule has 1 rings (SSSR count). The zero-order chi connectivity index (χ0) is 17.6. The van der Waals surface area contributed by atoms with Gasteiger partial charge in [-0.1, -0.05) is 13.3 Å². The van der Waals surface area contributed by atoms with Crippen molar-refractivity contribution < 1.29 is 28.2 Å². The number of carbonyl (C=O) groups excluding carboxylic acids is 2. The third kappa shape index (κ3) is 6.17. The Bertz CT molecular complexity index is 581. The van der Waals surface area contributed by atoms with Gasteiger partial charge in [0.15, 0.2) is 5.75 Å². The fraction of sp³-hybridized carbons (Fsp3) is 0.500. The van der Waals surface area contributed by atoms with Gasteiger partial charge in [-0.25, -0.2) is 14.0 Å². The minimum Gasteiger partial charge on any atom is -0.462 e. The van der Waals surface area contributed by atoms with Crippen molar-refractivity contribution in [1.82, 2.24) is 0 Å². The molecule has 0 aliphatic rings. The van der Waals surface area contributed by atoms with Crippen LogP contribution >= 0.6 is 15.9 Å². The van der Waals surface area contributed by atoms with Crippen molar-refractivity contribution in [1.29, 1.82) is 0 Å². The predicted octanol–water partition coefficient (Wildman–Crippen LogP) is 4.86. The number of ether oxygens (including phenoxy) is 3. The van der Waals surface area contributed by atoms with Crippen molar-refractivity contribution in [2.24, 2.45) is 0 Å². The summed E-state index contributed by atoms with van der Waals surface area (Å²) in [6.45, 7) is 7.08. The van der Waals surface area contributed by atoms with Crippen molar-refractivity contribution in [3.05, 3.63) is 28.0 Å². The molecule has 128 valence electrons. The number of rotatable bonds is 5. The zero-order valence-electron chi connectivity index (χ0n) is 13.6. The lowest BCUT2D eigenvalue weighted by atomic mass is 10.2. The Hall–Kier alpha value is -1.63.